The van der Waals surface area contributed by atoms with Crippen LogP contribution in [-0.2, 0) is 17.9 Å². The normalized spacial score (nSPS) is 11.2. The van der Waals surface area contributed by atoms with Crippen molar-refractivity contribution in [2.24, 2.45) is 0 Å². The third-order valence-electron chi connectivity index (χ3n) is 5.05. The molecule has 0 saturated carbocycles. The number of nitrogens with zero attached hydrogens (tertiary/aromatic N) is 3. The van der Waals surface area contributed by atoms with E-state index < -0.39 is 0 Å². The van der Waals surface area contributed by atoms with E-state index >= 15 is 0 Å². The van der Waals surface area contributed by atoms with Gasteiger partial charge in [-0.05, 0) is 31.0 Å². The van der Waals surface area contributed by atoms with E-state index in [0.29, 0.717) is 24.1 Å². The average molecular weight is 388 g/mol. The SMILES string of the molecule is CCCNC(=O)Cn1c2ccc(C)cc2c2ncn(Cc3ccccc3)c(=O)c21. The predicted octanol–water partition coefficient (Wildman–Crippen LogP) is 3.23. The molecule has 0 radical (unpaired) electrons. The zero-order valence-electron chi connectivity index (χ0n) is 16.7. The summed E-state index contributed by atoms with van der Waals surface area (Å²) >= 11 is 0. The van der Waals surface area contributed by atoms with Crippen molar-refractivity contribution in [1.82, 2.24) is 19.4 Å². The van der Waals surface area contributed by atoms with Crippen LogP contribution in [0.5, 0.6) is 0 Å². The van der Waals surface area contributed by atoms with Gasteiger partial charge in [-0.1, -0.05) is 48.9 Å². The van der Waals surface area contributed by atoms with Gasteiger partial charge in [0.15, 0.2) is 0 Å². The minimum Gasteiger partial charge on any atom is -0.355 e. The molecule has 0 aliphatic heterocycles. The van der Waals surface area contributed by atoms with Gasteiger partial charge in [0.05, 0.1) is 18.4 Å². The molecule has 6 nitrogen and oxygen atoms in total. The Balaban J connectivity index is 1.88. The smallest absolute Gasteiger partial charge is 0.278 e. The number of carbonyl (C=O) groups is 1. The van der Waals surface area contributed by atoms with E-state index in [1.165, 1.54) is 0 Å². The molecule has 2 heterocycles. The van der Waals surface area contributed by atoms with Gasteiger partial charge in [-0.3, -0.25) is 14.2 Å². The second-order valence-electron chi connectivity index (χ2n) is 7.32. The Morgan fingerprint density at radius 1 is 1.14 bits per heavy atom. The first-order chi connectivity index (χ1) is 14.1. The third-order valence-corrected chi connectivity index (χ3v) is 5.05. The maximum Gasteiger partial charge on any atom is 0.278 e. The molecule has 0 atom stereocenters. The molecular weight excluding hydrogens is 364 g/mol. The van der Waals surface area contributed by atoms with Gasteiger partial charge >= 0.3 is 0 Å². The fourth-order valence-electron chi connectivity index (χ4n) is 3.63. The average Bonchev–Trinajstić information content (AvgIpc) is 3.02. The molecule has 2 aromatic heterocycles. The highest BCUT2D eigenvalue weighted by molar-refractivity contribution is 6.06. The van der Waals surface area contributed by atoms with Crippen LogP contribution in [0.25, 0.3) is 21.9 Å². The van der Waals surface area contributed by atoms with Gasteiger partial charge in [0.1, 0.15) is 17.6 Å². The quantitative estimate of drug-likeness (QED) is 0.551. The molecule has 6 heteroatoms. The van der Waals surface area contributed by atoms with Crippen molar-refractivity contribution in [3.8, 4) is 0 Å². The molecule has 0 fully saturated rings. The molecule has 4 rings (SSSR count). The number of rotatable bonds is 6. The Morgan fingerprint density at radius 3 is 2.69 bits per heavy atom. The summed E-state index contributed by atoms with van der Waals surface area (Å²) in [6, 6.07) is 15.8. The number of hydrogen-bond donors (Lipinski definition) is 1. The zero-order chi connectivity index (χ0) is 20.4. The molecule has 0 aliphatic carbocycles. The van der Waals surface area contributed by atoms with Crippen LogP contribution in [0.15, 0.2) is 59.7 Å². The number of aryl methyl sites for hydroxylation is 1. The van der Waals surface area contributed by atoms with Crippen LogP contribution in [0, 0.1) is 6.92 Å². The second-order valence-corrected chi connectivity index (χ2v) is 7.32. The molecule has 0 spiro atoms. The van der Waals surface area contributed by atoms with Crippen LogP contribution in [0.4, 0.5) is 0 Å². The predicted molar refractivity (Wildman–Crippen MR) is 115 cm³/mol. The van der Waals surface area contributed by atoms with E-state index in [4.69, 9.17) is 0 Å². The monoisotopic (exact) mass is 388 g/mol. The van der Waals surface area contributed by atoms with Crippen LogP contribution in [-0.4, -0.2) is 26.6 Å². The maximum atomic E-state index is 13.4. The standard InChI is InChI=1S/C23H24N4O2/c1-3-11-24-20(28)14-27-19-10-9-16(2)12-18(19)21-22(27)23(29)26(15-25-21)13-17-7-5-4-6-8-17/h4-10,12,15H,3,11,13-14H2,1-2H3,(H,24,28). The Kier molecular flexibility index (Phi) is 5.16. The van der Waals surface area contributed by atoms with Crippen LogP contribution >= 0.6 is 0 Å². The molecule has 4 aromatic rings. The summed E-state index contributed by atoms with van der Waals surface area (Å²) in [5.41, 5.74) is 3.92. The van der Waals surface area contributed by atoms with Gasteiger partial charge < -0.3 is 9.88 Å². The zero-order valence-corrected chi connectivity index (χ0v) is 16.7. The van der Waals surface area contributed by atoms with Crippen molar-refractivity contribution >= 4 is 27.8 Å². The van der Waals surface area contributed by atoms with Crippen molar-refractivity contribution in [1.29, 1.82) is 0 Å². The van der Waals surface area contributed by atoms with E-state index in [-0.39, 0.29) is 18.0 Å². The van der Waals surface area contributed by atoms with Crippen molar-refractivity contribution in [2.75, 3.05) is 6.54 Å². The summed E-state index contributed by atoms with van der Waals surface area (Å²) in [5, 5.41) is 3.79. The first-order valence-electron chi connectivity index (χ1n) is 9.87. The summed E-state index contributed by atoms with van der Waals surface area (Å²) in [5.74, 6) is -0.107. The van der Waals surface area contributed by atoms with E-state index in [0.717, 1.165) is 28.5 Å². The highest BCUT2D eigenvalue weighted by Crippen LogP contribution is 2.26. The Hall–Kier alpha value is -3.41. The van der Waals surface area contributed by atoms with Crippen molar-refractivity contribution in [2.45, 2.75) is 33.4 Å². The highest BCUT2D eigenvalue weighted by Gasteiger charge is 2.18. The number of nitrogens with one attached hydrogen (secondary N) is 1. The summed E-state index contributed by atoms with van der Waals surface area (Å²) < 4.78 is 3.40. The molecule has 1 N–H and O–H groups in total. The number of fused-ring (bicyclic) bond motifs is 3. The first-order valence-corrected chi connectivity index (χ1v) is 9.87. The van der Waals surface area contributed by atoms with E-state index in [2.05, 4.69) is 10.3 Å². The molecule has 2 aromatic carbocycles. The summed E-state index contributed by atoms with van der Waals surface area (Å²) in [4.78, 5) is 30.4. The number of hydrogen-bond acceptors (Lipinski definition) is 3. The van der Waals surface area contributed by atoms with Gasteiger partial charge in [-0.2, -0.15) is 0 Å². The molecule has 0 saturated heterocycles. The molecule has 29 heavy (non-hydrogen) atoms. The number of aromatic nitrogens is 3. The van der Waals surface area contributed by atoms with E-state index in [1.54, 1.807) is 15.5 Å². The second kappa shape index (κ2) is 7.91. The maximum absolute atomic E-state index is 13.4. The lowest BCUT2D eigenvalue weighted by Crippen LogP contribution is -2.30. The number of carbonyl (C=O) groups excluding carboxylic acids is 1. The molecular formula is C23H24N4O2. The van der Waals surface area contributed by atoms with Gasteiger partial charge in [0.2, 0.25) is 5.91 Å². The van der Waals surface area contributed by atoms with Crippen LogP contribution in [0.2, 0.25) is 0 Å². The molecule has 0 aliphatic rings. The first kappa shape index (κ1) is 18.9. The molecule has 1 amide bonds. The third kappa shape index (κ3) is 3.66. The largest absolute Gasteiger partial charge is 0.355 e. The van der Waals surface area contributed by atoms with Crippen molar-refractivity contribution in [3.05, 3.63) is 76.3 Å². The van der Waals surface area contributed by atoms with E-state index in [1.807, 2.05) is 62.4 Å². The van der Waals surface area contributed by atoms with Gasteiger partial charge in [-0.25, -0.2) is 4.98 Å². The highest BCUT2D eigenvalue weighted by atomic mass is 16.2. The van der Waals surface area contributed by atoms with Crippen LogP contribution in [0.1, 0.15) is 24.5 Å². The molecule has 0 bridgehead atoms. The minimum absolute atomic E-state index is 0.0926. The van der Waals surface area contributed by atoms with Crippen molar-refractivity contribution < 1.29 is 4.79 Å². The fourth-order valence-corrected chi connectivity index (χ4v) is 3.63. The topological polar surface area (TPSA) is 68.9 Å². The molecule has 148 valence electrons. The molecule has 0 unspecified atom stereocenters. The fraction of sp³-hybridized carbons (Fsp3) is 0.261. The van der Waals surface area contributed by atoms with Crippen molar-refractivity contribution in [3.63, 3.8) is 0 Å². The lowest BCUT2D eigenvalue weighted by Gasteiger charge is -2.09. The number of amides is 1. The van der Waals surface area contributed by atoms with E-state index in [9.17, 15) is 9.59 Å². The summed E-state index contributed by atoms with van der Waals surface area (Å²) in [7, 11) is 0. The minimum atomic E-state index is -0.143. The Bertz CT molecular complexity index is 1240. The lowest BCUT2D eigenvalue weighted by molar-refractivity contribution is -0.121. The summed E-state index contributed by atoms with van der Waals surface area (Å²) in [6.45, 7) is 5.16. The lowest BCUT2D eigenvalue weighted by atomic mass is 10.1. The Morgan fingerprint density at radius 2 is 1.93 bits per heavy atom. The van der Waals surface area contributed by atoms with Gasteiger partial charge in [0.25, 0.3) is 5.56 Å². The van der Waals surface area contributed by atoms with Gasteiger partial charge in [-0.15, -0.1) is 0 Å². The van der Waals surface area contributed by atoms with Crippen LogP contribution < -0.4 is 10.9 Å². The van der Waals surface area contributed by atoms with Crippen LogP contribution in [0.3, 0.4) is 0 Å². The number of benzene rings is 2. The Labute approximate surface area is 168 Å². The summed E-state index contributed by atoms with van der Waals surface area (Å²) in [6.07, 6.45) is 2.46. The van der Waals surface area contributed by atoms with Gasteiger partial charge in [0, 0.05) is 11.9 Å².